The van der Waals surface area contributed by atoms with Crippen LogP contribution in [0.2, 0.25) is 0 Å². The first kappa shape index (κ1) is 23.5. The second-order valence-corrected chi connectivity index (χ2v) is 11.1. The highest BCUT2D eigenvalue weighted by Crippen LogP contribution is 2.60. The molecule has 2 N–H and O–H groups in total. The lowest BCUT2D eigenvalue weighted by atomic mass is 9.54. The van der Waals surface area contributed by atoms with E-state index < -0.39 is 10.0 Å². The summed E-state index contributed by atoms with van der Waals surface area (Å²) in [5.74, 6) is 1.73. The van der Waals surface area contributed by atoms with Gasteiger partial charge < -0.3 is 15.4 Å². The van der Waals surface area contributed by atoms with Gasteiger partial charge in [0.05, 0.1) is 11.9 Å². The Morgan fingerprint density at radius 1 is 1.17 bits per heavy atom. The zero-order valence-electron chi connectivity index (χ0n) is 17.7. The molecule has 0 bridgehead atoms. The van der Waals surface area contributed by atoms with Gasteiger partial charge in [-0.3, -0.25) is 4.99 Å². The molecule has 0 amide bonds. The quantitative estimate of drug-likeness (QED) is 0.318. The van der Waals surface area contributed by atoms with Gasteiger partial charge >= 0.3 is 0 Å². The summed E-state index contributed by atoms with van der Waals surface area (Å²) in [6.07, 6.45) is 9.05. The highest BCUT2D eigenvalue weighted by molar-refractivity contribution is 14.0. The average molecular weight is 541 g/mol. The Morgan fingerprint density at radius 2 is 1.86 bits per heavy atom. The molecule has 4 aliphatic rings. The maximum absolute atomic E-state index is 12.3. The summed E-state index contributed by atoms with van der Waals surface area (Å²) in [6, 6.07) is 0.730. The minimum atomic E-state index is -3.08. The molecule has 0 aromatic carbocycles. The van der Waals surface area contributed by atoms with Crippen LogP contribution in [0.25, 0.3) is 0 Å². The van der Waals surface area contributed by atoms with E-state index in [9.17, 15) is 8.42 Å². The van der Waals surface area contributed by atoms with Crippen molar-refractivity contribution in [2.75, 3.05) is 32.5 Å². The first-order chi connectivity index (χ1) is 13.5. The molecule has 2 saturated heterocycles. The second kappa shape index (κ2) is 9.56. The van der Waals surface area contributed by atoms with Crippen molar-refractivity contribution in [1.82, 2.24) is 14.9 Å². The Hall–Kier alpha value is -0.130. The fourth-order valence-corrected chi connectivity index (χ4v) is 7.62. The molecule has 0 aromatic heterocycles. The number of guanidine groups is 1. The number of ether oxygens (including phenoxy) is 1. The maximum atomic E-state index is 12.3. The smallest absolute Gasteiger partial charge is 0.214 e. The lowest BCUT2D eigenvalue weighted by molar-refractivity contribution is -0.125. The second-order valence-electron chi connectivity index (χ2n) is 9.01. The number of hydrogen-bond acceptors (Lipinski definition) is 4. The van der Waals surface area contributed by atoms with Crippen molar-refractivity contribution in [2.24, 2.45) is 16.3 Å². The minimum Gasteiger partial charge on any atom is -0.377 e. The summed E-state index contributed by atoms with van der Waals surface area (Å²) in [6.45, 7) is 4.01. The standard InChI is InChI=1S/C20H36N4O3S.HI/c1-3-14-28(25,26)24-11-6-15(7-12-24)22-19(21-2)23-17-16-8-13-27-18(16)20(17)9-4-5-10-20;/h15-18H,3-14H2,1-2H3,(H2,21,22,23);1H. The lowest BCUT2D eigenvalue weighted by Crippen LogP contribution is -2.69. The monoisotopic (exact) mass is 540 g/mol. The van der Waals surface area contributed by atoms with Crippen molar-refractivity contribution in [2.45, 2.75) is 76.5 Å². The van der Waals surface area contributed by atoms with E-state index in [0.717, 1.165) is 31.8 Å². The van der Waals surface area contributed by atoms with Gasteiger partial charge in [-0.2, -0.15) is 0 Å². The Kier molecular flexibility index (Phi) is 7.76. The molecule has 3 unspecified atom stereocenters. The molecule has 2 aliphatic carbocycles. The molecule has 2 heterocycles. The van der Waals surface area contributed by atoms with E-state index in [4.69, 9.17) is 4.74 Å². The topological polar surface area (TPSA) is 83.0 Å². The Balaban J connectivity index is 0.00000240. The van der Waals surface area contributed by atoms with Gasteiger partial charge in [-0.25, -0.2) is 12.7 Å². The van der Waals surface area contributed by atoms with Crippen LogP contribution in [0.1, 0.15) is 58.3 Å². The molecule has 168 valence electrons. The van der Waals surface area contributed by atoms with Crippen LogP contribution in [0, 0.1) is 11.3 Å². The highest BCUT2D eigenvalue weighted by atomic mass is 127. The zero-order valence-corrected chi connectivity index (χ0v) is 20.9. The molecule has 2 saturated carbocycles. The van der Waals surface area contributed by atoms with Gasteiger partial charge in [-0.05, 0) is 38.5 Å². The van der Waals surface area contributed by atoms with Crippen LogP contribution in [0.15, 0.2) is 4.99 Å². The number of hydrogen-bond donors (Lipinski definition) is 2. The fraction of sp³-hybridized carbons (Fsp3) is 0.950. The molecule has 4 fully saturated rings. The number of sulfonamides is 1. The molecule has 0 radical (unpaired) electrons. The summed E-state index contributed by atoms with van der Waals surface area (Å²) < 4.78 is 32.3. The molecule has 1 spiro atoms. The Labute approximate surface area is 192 Å². The number of halogens is 1. The SMILES string of the molecule is CCCS(=O)(=O)N1CCC(NC(=NC)NC2C3CCOC3C23CCCC3)CC1.I. The van der Waals surface area contributed by atoms with Gasteiger partial charge in [0.25, 0.3) is 0 Å². The van der Waals surface area contributed by atoms with Crippen molar-refractivity contribution in [1.29, 1.82) is 0 Å². The maximum Gasteiger partial charge on any atom is 0.214 e. The highest BCUT2D eigenvalue weighted by Gasteiger charge is 2.65. The van der Waals surface area contributed by atoms with Crippen molar-refractivity contribution in [3.8, 4) is 0 Å². The molecular formula is C20H37IN4O3S. The molecule has 29 heavy (non-hydrogen) atoms. The number of aliphatic imine (C=N–C) groups is 1. The van der Waals surface area contributed by atoms with Crippen molar-refractivity contribution in [3.63, 3.8) is 0 Å². The van der Waals surface area contributed by atoms with Crippen molar-refractivity contribution >= 4 is 40.0 Å². The van der Waals surface area contributed by atoms with E-state index >= 15 is 0 Å². The largest absolute Gasteiger partial charge is 0.377 e. The van der Waals surface area contributed by atoms with E-state index in [0.29, 0.717) is 43.0 Å². The number of nitrogens with zero attached hydrogens (tertiary/aromatic N) is 2. The van der Waals surface area contributed by atoms with Crippen LogP contribution in [-0.2, 0) is 14.8 Å². The Bertz CT molecular complexity index is 688. The third kappa shape index (κ3) is 4.43. The fourth-order valence-electron chi connectivity index (χ4n) is 6.08. The Morgan fingerprint density at radius 3 is 2.48 bits per heavy atom. The minimum absolute atomic E-state index is 0. The number of fused-ring (bicyclic) bond motifs is 2. The third-order valence-electron chi connectivity index (χ3n) is 7.45. The normalized spacial score (nSPS) is 32.5. The summed E-state index contributed by atoms with van der Waals surface area (Å²) in [5.41, 5.74) is 0.302. The van der Waals surface area contributed by atoms with Crippen LogP contribution < -0.4 is 10.6 Å². The van der Waals surface area contributed by atoms with E-state index in [2.05, 4.69) is 15.6 Å². The van der Waals surface area contributed by atoms with Gasteiger partial charge in [0.2, 0.25) is 10.0 Å². The van der Waals surface area contributed by atoms with Gasteiger partial charge in [0, 0.05) is 50.2 Å². The zero-order chi connectivity index (χ0) is 19.8. The molecular weight excluding hydrogens is 503 g/mol. The summed E-state index contributed by atoms with van der Waals surface area (Å²) in [5, 5.41) is 7.31. The number of piperidine rings is 1. The molecule has 2 aliphatic heterocycles. The van der Waals surface area contributed by atoms with Crippen LogP contribution in [0.4, 0.5) is 0 Å². The van der Waals surface area contributed by atoms with Crippen LogP contribution in [0.3, 0.4) is 0 Å². The molecule has 9 heteroatoms. The van der Waals surface area contributed by atoms with Crippen LogP contribution in [0.5, 0.6) is 0 Å². The van der Waals surface area contributed by atoms with E-state index in [1.54, 1.807) is 4.31 Å². The third-order valence-corrected chi connectivity index (χ3v) is 9.53. The van der Waals surface area contributed by atoms with Crippen molar-refractivity contribution < 1.29 is 13.2 Å². The van der Waals surface area contributed by atoms with Gasteiger partial charge in [0.15, 0.2) is 5.96 Å². The molecule has 3 atom stereocenters. The summed E-state index contributed by atoms with van der Waals surface area (Å²) >= 11 is 0. The van der Waals surface area contributed by atoms with Crippen LogP contribution >= 0.6 is 24.0 Å². The number of nitrogens with one attached hydrogen (secondary N) is 2. The summed E-state index contributed by atoms with van der Waals surface area (Å²) in [4.78, 5) is 4.49. The van der Waals surface area contributed by atoms with Gasteiger partial charge in [0.1, 0.15) is 0 Å². The lowest BCUT2D eigenvalue weighted by Gasteiger charge is -2.57. The van der Waals surface area contributed by atoms with E-state index in [1.807, 2.05) is 14.0 Å². The van der Waals surface area contributed by atoms with E-state index in [-0.39, 0.29) is 35.8 Å². The average Bonchev–Trinajstić information content (AvgIpc) is 3.34. The predicted octanol–water partition coefficient (Wildman–Crippen LogP) is 2.32. The molecule has 7 nitrogen and oxygen atoms in total. The van der Waals surface area contributed by atoms with Crippen molar-refractivity contribution in [3.05, 3.63) is 0 Å². The first-order valence-electron chi connectivity index (χ1n) is 11.1. The summed E-state index contributed by atoms with van der Waals surface area (Å²) in [7, 11) is -1.25. The predicted molar refractivity (Wildman–Crippen MR) is 126 cm³/mol. The van der Waals surface area contributed by atoms with Crippen LogP contribution in [-0.4, -0.2) is 69.4 Å². The van der Waals surface area contributed by atoms with Gasteiger partial charge in [-0.1, -0.05) is 19.8 Å². The number of rotatable bonds is 5. The first-order valence-corrected chi connectivity index (χ1v) is 12.7. The molecule has 0 aromatic rings. The van der Waals surface area contributed by atoms with E-state index in [1.165, 1.54) is 25.7 Å². The van der Waals surface area contributed by atoms with Gasteiger partial charge in [-0.15, -0.1) is 24.0 Å². The molecule has 4 rings (SSSR count).